The number of benzene rings is 6. The molecule has 0 fully saturated rings. The Morgan fingerprint density at radius 1 is 0.617 bits per heavy atom. The van der Waals surface area contributed by atoms with Crippen LogP contribution in [0, 0.1) is 28.6 Å². The van der Waals surface area contributed by atoms with Crippen molar-refractivity contribution in [3.05, 3.63) is 162 Å². The molecule has 6 heteroatoms. The predicted molar refractivity (Wildman–Crippen MR) is 250 cm³/mol. The van der Waals surface area contributed by atoms with Gasteiger partial charge in [0.25, 0.3) is 0 Å². The predicted octanol–water partition coefficient (Wildman–Crippen LogP) is 14.0. The number of thiophene rings is 1. The molecule has 0 bridgehead atoms. The quantitative estimate of drug-likeness (QED) is 0.179. The average molecular weight is 786 g/mol. The highest BCUT2D eigenvalue weighted by Gasteiger charge is 2.32. The minimum Gasteiger partial charge on any atom is -0.313 e. The molecular formula is C54H35N5S. The Kier molecular flexibility index (Phi) is 7.03. The number of hydrogen-bond acceptors (Lipinski definition) is 3. The molecule has 0 aliphatic heterocycles. The second kappa shape index (κ2) is 12.6. The molecule has 5 nitrogen and oxygen atoms in total. The molecule has 3 aliphatic carbocycles. The smallest absolute Gasteiger partial charge is 0.101 e. The summed E-state index contributed by atoms with van der Waals surface area (Å²) in [4.78, 5) is 0. The van der Waals surface area contributed by atoms with Gasteiger partial charge in [0, 0.05) is 82.2 Å². The van der Waals surface area contributed by atoms with Crippen molar-refractivity contribution in [3.8, 4) is 17.8 Å². The van der Waals surface area contributed by atoms with Gasteiger partial charge < -0.3 is 13.7 Å². The lowest BCUT2D eigenvalue weighted by Gasteiger charge is -2.26. The van der Waals surface area contributed by atoms with E-state index in [4.69, 9.17) is 0 Å². The van der Waals surface area contributed by atoms with Crippen LogP contribution in [-0.4, -0.2) is 13.7 Å². The highest BCUT2D eigenvalue weighted by atomic mass is 32.1. The number of allylic oxidation sites excluding steroid dienone is 6. The van der Waals surface area contributed by atoms with Crippen molar-refractivity contribution in [2.75, 3.05) is 0 Å². The van der Waals surface area contributed by atoms with E-state index in [0.717, 1.165) is 70.4 Å². The van der Waals surface area contributed by atoms with Crippen LogP contribution in [0.25, 0.3) is 104 Å². The van der Waals surface area contributed by atoms with Crippen molar-refractivity contribution < 1.29 is 0 Å². The van der Waals surface area contributed by atoms with Gasteiger partial charge >= 0.3 is 0 Å². The van der Waals surface area contributed by atoms with E-state index in [9.17, 15) is 10.5 Å². The zero-order chi connectivity index (χ0) is 39.6. The SMILES string of the molecule is N#CC1=C(n2c3c(c4c5ccccc5ccc42)CCC=C3)CC(C#N)C(n2c3ccc(-n4c5c(c6ccccc64)C=CCC5)cc3c3c4sc5ccccc5c4ccc32)=C1. The van der Waals surface area contributed by atoms with E-state index >= 15 is 0 Å². The van der Waals surface area contributed by atoms with Crippen molar-refractivity contribution in [1.29, 1.82) is 10.5 Å². The topological polar surface area (TPSA) is 62.4 Å². The van der Waals surface area contributed by atoms with Crippen LogP contribution in [0.5, 0.6) is 0 Å². The van der Waals surface area contributed by atoms with Crippen molar-refractivity contribution in [2.24, 2.45) is 5.92 Å². The van der Waals surface area contributed by atoms with Crippen LogP contribution in [0.15, 0.2) is 139 Å². The Morgan fingerprint density at radius 2 is 1.37 bits per heavy atom. The second-order valence-electron chi connectivity index (χ2n) is 16.4. The van der Waals surface area contributed by atoms with Gasteiger partial charge in [0.1, 0.15) is 6.07 Å². The van der Waals surface area contributed by atoms with E-state index in [2.05, 4.69) is 165 Å². The summed E-state index contributed by atoms with van der Waals surface area (Å²) in [6.45, 7) is 0. The molecule has 282 valence electrons. The number of nitriles is 2. The molecule has 1 unspecified atom stereocenters. The molecule has 0 saturated heterocycles. The minimum absolute atomic E-state index is 0.418. The molecule has 0 spiro atoms. The summed E-state index contributed by atoms with van der Waals surface area (Å²) in [5.41, 5.74) is 12.9. The Balaban J connectivity index is 1.10. The second-order valence-corrected chi connectivity index (χ2v) is 17.4. The Morgan fingerprint density at radius 3 is 2.27 bits per heavy atom. The van der Waals surface area contributed by atoms with Gasteiger partial charge in [-0.2, -0.15) is 10.5 Å². The molecule has 0 N–H and O–H groups in total. The first kappa shape index (κ1) is 33.6. The number of aromatic nitrogens is 3. The Labute approximate surface area is 349 Å². The van der Waals surface area contributed by atoms with Gasteiger partial charge in [-0.25, -0.2) is 0 Å². The lowest BCUT2D eigenvalue weighted by Crippen LogP contribution is -2.17. The van der Waals surface area contributed by atoms with Crippen molar-refractivity contribution in [1.82, 2.24) is 13.7 Å². The third kappa shape index (κ3) is 4.49. The van der Waals surface area contributed by atoms with Crippen molar-refractivity contribution in [3.63, 3.8) is 0 Å². The minimum atomic E-state index is -0.498. The first-order chi connectivity index (χ1) is 29.7. The van der Waals surface area contributed by atoms with Crippen LogP contribution in [-0.2, 0) is 12.8 Å². The molecule has 4 heterocycles. The van der Waals surface area contributed by atoms with Crippen LogP contribution < -0.4 is 0 Å². The summed E-state index contributed by atoms with van der Waals surface area (Å²) in [6, 6.07) is 47.1. The number of rotatable bonds is 3. The Hall–Kier alpha value is -7.38. The van der Waals surface area contributed by atoms with E-state index in [0.29, 0.717) is 12.0 Å². The summed E-state index contributed by atoms with van der Waals surface area (Å²) in [7, 11) is 0. The van der Waals surface area contributed by atoms with E-state index < -0.39 is 5.92 Å². The van der Waals surface area contributed by atoms with Gasteiger partial charge in [-0.3, -0.25) is 0 Å². The van der Waals surface area contributed by atoms with E-state index in [1.807, 2.05) is 17.4 Å². The van der Waals surface area contributed by atoms with Gasteiger partial charge in [-0.1, -0.05) is 91.0 Å². The highest BCUT2D eigenvalue weighted by molar-refractivity contribution is 7.26. The van der Waals surface area contributed by atoms with Gasteiger partial charge in [0.05, 0.1) is 39.6 Å². The van der Waals surface area contributed by atoms with Gasteiger partial charge in [0.15, 0.2) is 0 Å². The number of hydrogen-bond donors (Lipinski definition) is 0. The largest absolute Gasteiger partial charge is 0.313 e. The lowest BCUT2D eigenvalue weighted by molar-refractivity contribution is 0.791. The Bertz CT molecular complexity index is 3780. The van der Waals surface area contributed by atoms with Gasteiger partial charge in [0.2, 0.25) is 0 Å². The molecule has 60 heavy (non-hydrogen) atoms. The summed E-state index contributed by atoms with van der Waals surface area (Å²) < 4.78 is 9.54. The summed E-state index contributed by atoms with van der Waals surface area (Å²) in [6.07, 6.45) is 15.4. The first-order valence-electron chi connectivity index (χ1n) is 20.8. The third-order valence-corrected chi connectivity index (χ3v) is 14.6. The van der Waals surface area contributed by atoms with Crippen LogP contribution in [0.4, 0.5) is 0 Å². The molecular weight excluding hydrogens is 751 g/mol. The fourth-order valence-electron chi connectivity index (χ4n) is 10.8. The maximum Gasteiger partial charge on any atom is 0.101 e. The van der Waals surface area contributed by atoms with Crippen LogP contribution in [0.1, 0.15) is 41.8 Å². The molecule has 13 rings (SSSR count). The summed E-state index contributed by atoms with van der Waals surface area (Å²) in [5.74, 6) is -0.498. The number of nitrogens with zero attached hydrogens (tertiary/aromatic N) is 5. The molecule has 3 aliphatic rings. The zero-order valence-electron chi connectivity index (χ0n) is 32.6. The standard InChI is InChI=1S/C54H35N5S/c55-30-33-28-50(34(31-56)27-49(33)58-45-19-9-5-16-41(45)52-36-12-2-1-11-32(36)21-24-47(52)58)59-46-25-22-35(57-43-17-7-3-13-37(43)38-14-4-8-18-44(38)57)29-42(46)53-48(59)26-23-40-39-15-6-10-20-51(39)60-54(40)53/h1-4,6-7,9-15,17,19-26,28-29,34H,5,8,16,18,27H2. The maximum absolute atomic E-state index is 11.2. The van der Waals surface area contributed by atoms with E-state index in [1.54, 1.807) is 0 Å². The average Bonchev–Trinajstić information content (AvgIpc) is 4.05. The van der Waals surface area contributed by atoms with E-state index in [1.165, 1.54) is 69.4 Å². The van der Waals surface area contributed by atoms with E-state index in [-0.39, 0.29) is 0 Å². The molecule has 0 saturated carbocycles. The molecule has 0 radical (unpaired) electrons. The highest BCUT2D eigenvalue weighted by Crippen LogP contribution is 2.48. The van der Waals surface area contributed by atoms with Crippen molar-refractivity contribution >= 4 is 109 Å². The maximum atomic E-state index is 11.2. The zero-order valence-corrected chi connectivity index (χ0v) is 33.4. The monoisotopic (exact) mass is 785 g/mol. The summed E-state index contributed by atoms with van der Waals surface area (Å²) >= 11 is 1.83. The number of para-hydroxylation sites is 1. The summed E-state index contributed by atoms with van der Waals surface area (Å²) in [5, 5.41) is 32.0. The molecule has 1 atom stereocenters. The fraction of sp³-hybridized carbons (Fsp3) is 0.111. The molecule has 0 amide bonds. The lowest BCUT2D eigenvalue weighted by atomic mass is 9.90. The first-order valence-corrected chi connectivity index (χ1v) is 21.7. The normalized spacial score (nSPS) is 16.4. The van der Waals surface area contributed by atoms with Crippen LogP contribution in [0.2, 0.25) is 0 Å². The number of aryl methyl sites for hydroxylation is 1. The molecule has 4 aromatic heterocycles. The van der Waals surface area contributed by atoms with Crippen molar-refractivity contribution in [2.45, 2.75) is 32.1 Å². The number of fused-ring (bicyclic) bond motifs is 15. The van der Waals surface area contributed by atoms with Crippen LogP contribution >= 0.6 is 11.3 Å². The third-order valence-electron chi connectivity index (χ3n) is 13.4. The van der Waals surface area contributed by atoms with Gasteiger partial charge in [-0.05, 0) is 96.6 Å². The van der Waals surface area contributed by atoms with Crippen LogP contribution in [0.3, 0.4) is 0 Å². The fourth-order valence-corrected chi connectivity index (χ4v) is 12.1. The molecule has 10 aromatic rings. The van der Waals surface area contributed by atoms with Gasteiger partial charge in [-0.15, -0.1) is 11.3 Å². The molecule has 6 aromatic carbocycles.